The molecular weight excluding hydrogens is 262 g/mol. The number of hydrogen-bond donors (Lipinski definition) is 1. The molecule has 21 heavy (non-hydrogen) atoms. The van der Waals surface area contributed by atoms with Gasteiger partial charge in [-0.15, -0.1) is 0 Å². The molecule has 1 aromatic rings. The number of amides is 1. The Balaban J connectivity index is 1.83. The molecule has 1 aliphatic heterocycles. The topological polar surface area (TPSA) is 49.6 Å². The van der Waals surface area contributed by atoms with Crippen LogP contribution in [0.1, 0.15) is 24.8 Å². The fraction of sp³-hybridized carbons (Fsp3) is 0.588. The van der Waals surface area contributed by atoms with E-state index in [0.29, 0.717) is 12.5 Å². The molecular formula is C17H27N3O. The third kappa shape index (κ3) is 4.55. The smallest absolute Gasteiger partial charge is 0.239 e. The van der Waals surface area contributed by atoms with Gasteiger partial charge < -0.3 is 15.5 Å². The zero-order chi connectivity index (χ0) is 15.2. The number of hydrogen-bond acceptors (Lipinski definition) is 3. The number of benzene rings is 1. The fourth-order valence-corrected chi connectivity index (χ4v) is 2.99. The molecule has 2 atom stereocenters. The third-order valence-corrected chi connectivity index (χ3v) is 4.40. The van der Waals surface area contributed by atoms with Crippen molar-refractivity contribution in [2.24, 2.45) is 5.73 Å². The zero-order valence-corrected chi connectivity index (χ0v) is 13.2. The number of carbonyl (C=O) groups is 1. The van der Waals surface area contributed by atoms with E-state index >= 15 is 0 Å². The van der Waals surface area contributed by atoms with Crippen LogP contribution >= 0.6 is 0 Å². The molecule has 0 bridgehead atoms. The van der Waals surface area contributed by atoms with Crippen molar-refractivity contribution in [1.29, 1.82) is 0 Å². The standard InChI is InChI=1S/C17H27N3O/c1-19-12-6-9-15(13-19)20(2)17(21)16(18)11-10-14-7-4-3-5-8-14/h3-5,7-8,15-16H,6,9-13,18H2,1-2H3. The highest BCUT2D eigenvalue weighted by molar-refractivity contribution is 5.81. The quantitative estimate of drug-likeness (QED) is 0.893. The molecule has 2 N–H and O–H groups in total. The Morgan fingerprint density at radius 2 is 2.14 bits per heavy atom. The highest BCUT2D eigenvalue weighted by Gasteiger charge is 2.27. The van der Waals surface area contributed by atoms with Crippen LogP contribution in [0.25, 0.3) is 0 Å². The number of rotatable bonds is 5. The van der Waals surface area contributed by atoms with Crippen molar-refractivity contribution in [2.75, 3.05) is 27.2 Å². The van der Waals surface area contributed by atoms with Gasteiger partial charge in [-0.2, -0.15) is 0 Å². The molecule has 0 radical (unpaired) electrons. The van der Waals surface area contributed by atoms with E-state index in [4.69, 9.17) is 5.73 Å². The van der Waals surface area contributed by atoms with Crippen molar-refractivity contribution in [1.82, 2.24) is 9.80 Å². The molecule has 1 aromatic carbocycles. The zero-order valence-electron chi connectivity index (χ0n) is 13.2. The van der Waals surface area contributed by atoms with Gasteiger partial charge in [0, 0.05) is 19.6 Å². The van der Waals surface area contributed by atoms with E-state index in [1.54, 1.807) is 0 Å². The SMILES string of the molecule is CN1CCCC(N(C)C(=O)C(N)CCc2ccccc2)C1. The lowest BCUT2D eigenvalue weighted by Crippen LogP contribution is -2.52. The van der Waals surface area contributed by atoms with Crippen LogP contribution in [0.2, 0.25) is 0 Å². The highest BCUT2D eigenvalue weighted by Crippen LogP contribution is 2.15. The Labute approximate surface area is 127 Å². The number of aryl methyl sites for hydroxylation is 1. The van der Waals surface area contributed by atoms with Crippen molar-refractivity contribution >= 4 is 5.91 Å². The summed E-state index contributed by atoms with van der Waals surface area (Å²) in [6.07, 6.45) is 3.79. The molecule has 4 nitrogen and oxygen atoms in total. The first-order chi connectivity index (χ1) is 10.1. The number of likely N-dealkylation sites (N-methyl/N-ethyl adjacent to an activating group) is 2. The summed E-state index contributed by atoms with van der Waals surface area (Å²) in [5, 5.41) is 0. The molecule has 2 rings (SSSR count). The molecule has 2 unspecified atom stereocenters. The number of piperidine rings is 1. The van der Waals surface area contributed by atoms with Crippen LogP contribution in [0, 0.1) is 0 Å². The van der Waals surface area contributed by atoms with Crippen LogP contribution in [0.4, 0.5) is 0 Å². The molecule has 0 aliphatic carbocycles. The van der Waals surface area contributed by atoms with Crippen LogP contribution in [0.15, 0.2) is 30.3 Å². The van der Waals surface area contributed by atoms with E-state index in [1.807, 2.05) is 30.1 Å². The van der Waals surface area contributed by atoms with E-state index in [-0.39, 0.29) is 5.91 Å². The summed E-state index contributed by atoms with van der Waals surface area (Å²) >= 11 is 0. The van der Waals surface area contributed by atoms with Gasteiger partial charge in [-0.3, -0.25) is 4.79 Å². The minimum Gasteiger partial charge on any atom is -0.340 e. The van der Waals surface area contributed by atoms with E-state index in [9.17, 15) is 4.79 Å². The molecule has 0 aromatic heterocycles. The summed E-state index contributed by atoms with van der Waals surface area (Å²) in [5.41, 5.74) is 7.34. The Bertz CT molecular complexity index is 449. The second-order valence-electron chi connectivity index (χ2n) is 6.14. The predicted octanol–water partition coefficient (Wildman–Crippen LogP) is 1.50. The van der Waals surface area contributed by atoms with Gasteiger partial charge in [-0.1, -0.05) is 30.3 Å². The summed E-state index contributed by atoms with van der Waals surface area (Å²) < 4.78 is 0. The predicted molar refractivity (Wildman–Crippen MR) is 86.0 cm³/mol. The maximum Gasteiger partial charge on any atom is 0.239 e. The minimum absolute atomic E-state index is 0.0752. The van der Waals surface area contributed by atoms with Gasteiger partial charge in [-0.25, -0.2) is 0 Å². The summed E-state index contributed by atoms with van der Waals surface area (Å²) in [6.45, 7) is 2.08. The summed E-state index contributed by atoms with van der Waals surface area (Å²) in [5.74, 6) is 0.0752. The van der Waals surface area contributed by atoms with Crippen molar-refractivity contribution in [3.8, 4) is 0 Å². The van der Waals surface area contributed by atoms with Gasteiger partial charge in [0.1, 0.15) is 0 Å². The van der Waals surface area contributed by atoms with Crippen LogP contribution < -0.4 is 5.73 Å². The molecule has 1 heterocycles. The maximum absolute atomic E-state index is 12.5. The third-order valence-electron chi connectivity index (χ3n) is 4.40. The van der Waals surface area contributed by atoms with Gasteiger partial charge in [0.25, 0.3) is 0 Å². The Morgan fingerprint density at radius 3 is 2.81 bits per heavy atom. The van der Waals surface area contributed by atoms with E-state index < -0.39 is 6.04 Å². The molecule has 1 saturated heterocycles. The Morgan fingerprint density at radius 1 is 1.43 bits per heavy atom. The van der Waals surface area contributed by atoms with E-state index in [2.05, 4.69) is 24.1 Å². The molecule has 1 amide bonds. The van der Waals surface area contributed by atoms with E-state index in [1.165, 1.54) is 5.56 Å². The second-order valence-corrected chi connectivity index (χ2v) is 6.14. The second kappa shape index (κ2) is 7.57. The van der Waals surface area contributed by atoms with Gasteiger partial charge in [0.2, 0.25) is 5.91 Å². The van der Waals surface area contributed by atoms with Crippen molar-refractivity contribution in [3.05, 3.63) is 35.9 Å². The molecule has 0 saturated carbocycles. The average Bonchev–Trinajstić information content (AvgIpc) is 2.52. The van der Waals surface area contributed by atoms with Crippen molar-refractivity contribution in [3.63, 3.8) is 0 Å². The summed E-state index contributed by atoms with van der Waals surface area (Å²) in [6, 6.07) is 10.1. The Kier molecular flexibility index (Phi) is 5.76. The number of carbonyl (C=O) groups excluding carboxylic acids is 1. The highest BCUT2D eigenvalue weighted by atomic mass is 16.2. The first-order valence-electron chi connectivity index (χ1n) is 7.82. The number of nitrogens with two attached hydrogens (primary N) is 1. The van der Waals surface area contributed by atoms with Crippen molar-refractivity contribution in [2.45, 2.75) is 37.8 Å². The average molecular weight is 289 g/mol. The minimum atomic E-state index is -0.401. The monoisotopic (exact) mass is 289 g/mol. The molecule has 1 aliphatic rings. The lowest BCUT2D eigenvalue weighted by molar-refractivity contribution is -0.134. The van der Waals surface area contributed by atoms with Crippen LogP contribution in [0.3, 0.4) is 0 Å². The fourth-order valence-electron chi connectivity index (χ4n) is 2.99. The largest absolute Gasteiger partial charge is 0.340 e. The Hall–Kier alpha value is -1.39. The lowest BCUT2D eigenvalue weighted by Gasteiger charge is -2.36. The number of likely N-dealkylation sites (tertiary alicyclic amines) is 1. The van der Waals surface area contributed by atoms with Gasteiger partial charge in [-0.05, 0) is 44.8 Å². The first kappa shape index (κ1) is 16.0. The van der Waals surface area contributed by atoms with Gasteiger partial charge in [0.15, 0.2) is 0 Å². The van der Waals surface area contributed by atoms with Crippen molar-refractivity contribution < 1.29 is 4.79 Å². The van der Waals surface area contributed by atoms with Crippen LogP contribution in [-0.2, 0) is 11.2 Å². The molecule has 0 spiro atoms. The first-order valence-corrected chi connectivity index (χ1v) is 7.82. The van der Waals surface area contributed by atoms with E-state index in [0.717, 1.165) is 32.4 Å². The van der Waals surface area contributed by atoms with Crippen LogP contribution in [0.5, 0.6) is 0 Å². The summed E-state index contributed by atoms with van der Waals surface area (Å²) in [7, 11) is 4.01. The maximum atomic E-state index is 12.5. The summed E-state index contributed by atoms with van der Waals surface area (Å²) in [4.78, 5) is 16.6. The number of nitrogens with zero attached hydrogens (tertiary/aromatic N) is 2. The van der Waals surface area contributed by atoms with Crippen LogP contribution in [-0.4, -0.2) is 55.0 Å². The lowest BCUT2D eigenvalue weighted by atomic mass is 10.0. The van der Waals surface area contributed by atoms with Gasteiger partial charge >= 0.3 is 0 Å². The van der Waals surface area contributed by atoms with Gasteiger partial charge in [0.05, 0.1) is 6.04 Å². The molecule has 1 fully saturated rings. The molecule has 4 heteroatoms. The molecule has 116 valence electrons. The normalized spacial score (nSPS) is 21.0.